The van der Waals surface area contributed by atoms with E-state index in [2.05, 4.69) is 5.32 Å². The van der Waals surface area contributed by atoms with Gasteiger partial charge < -0.3 is 14.8 Å². The van der Waals surface area contributed by atoms with E-state index in [0.717, 1.165) is 4.90 Å². The minimum atomic E-state index is -0.835. The molecule has 1 amide bonds. The Kier molecular flexibility index (Phi) is 10.4. The molecule has 0 spiro atoms. The van der Waals surface area contributed by atoms with Gasteiger partial charge in [0.2, 0.25) is 5.91 Å². The van der Waals surface area contributed by atoms with Crippen molar-refractivity contribution in [3.05, 3.63) is 30.3 Å². The first-order valence-electron chi connectivity index (χ1n) is 8.36. The Labute approximate surface area is 152 Å². The fourth-order valence-corrected chi connectivity index (χ4v) is 2.90. The van der Waals surface area contributed by atoms with Crippen molar-refractivity contribution in [2.75, 3.05) is 19.0 Å². The summed E-state index contributed by atoms with van der Waals surface area (Å²) in [6, 6.07) is 8.93. The van der Waals surface area contributed by atoms with Crippen molar-refractivity contribution in [1.82, 2.24) is 5.32 Å². The number of thioether (sulfide) groups is 1. The van der Waals surface area contributed by atoms with Crippen molar-refractivity contribution in [2.24, 2.45) is 0 Å². The van der Waals surface area contributed by atoms with Crippen molar-refractivity contribution in [3.63, 3.8) is 0 Å². The Morgan fingerprint density at radius 2 is 1.72 bits per heavy atom. The van der Waals surface area contributed by atoms with Crippen LogP contribution in [0, 0.1) is 0 Å². The zero-order valence-corrected chi connectivity index (χ0v) is 15.5. The molecule has 0 heterocycles. The van der Waals surface area contributed by atoms with Gasteiger partial charge in [-0.1, -0.05) is 18.2 Å². The molecular formula is C18H25NO5S. The zero-order valence-electron chi connectivity index (χ0n) is 14.7. The molecule has 0 aliphatic carbocycles. The Morgan fingerprint density at radius 1 is 1.04 bits per heavy atom. The third-order valence-electron chi connectivity index (χ3n) is 3.19. The lowest BCUT2D eigenvalue weighted by Gasteiger charge is -2.17. The maximum absolute atomic E-state index is 12.1. The van der Waals surface area contributed by atoms with Gasteiger partial charge in [-0.3, -0.25) is 9.59 Å². The standard InChI is InChI=1S/C18H25NO5S/c1-3-23-17(21)11-10-15(18(22)24-4-2)19-16(20)12-13-25-14-8-6-5-7-9-14/h5-9,15H,3-4,10-13H2,1-2H3,(H,19,20)/t15-/m1/s1. The van der Waals surface area contributed by atoms with Crippen LogP contribution in [-0.2, 0) is 23.9 Å². The second-order valence-electron chi connectivity index (χ2n) is 5.13. The molecule has 1 N–H and O–H groups in total. The summed E-state index contributed by atoms with van der Waals surface area (Å²) in [6.07, 6.45) is 0.487. The van der Waals surface area contributed by atoms with Gasteiger partial charge in [-0.2, -0.15) is 0 Å². The molecule has 0 unspecified atom stereocenters. The van der Waals surface area contributed by atoms with E-state index >= 15 is 0 Å². The summed E-state index contributed by atoms with van der Waals surface area (Å²) in [5.74, 6) is -0.574. The van der Waals surface area contributed by atoms with Gasteiger partial charge in [-0.05, 0) is 32.4 Å². The van der Waals surface area contributed by atoms with Crippen LogP contribution in [0.1, 0.15) is 33.1 Å². The first-order chi connectivity index (χ1) is 12.1. The van der Waals surface area contributed by atoms with Crippen LogP contribution in [0.3, 0.4) is 0 Å². The summed E-state index contributed by atoms with van der Waals surface area (Å²) >= 11 is 1.57. The number of benzene rings is 1. The van der Waals surface area contributed by atoms with Crippen LogP contribution in [-0.4, -0.2) is 42.9 Å². The number of esters is 2. The maximum Gasteiger partial charge on any atom is 0.328 e. The molecule has 1 rings (SSSR count). The third kappa shape index (κ3) is 9.14. The lowest BCUT2D eigenvalue weighted by Crippen LogP contribution is -2.42. The molecule has 1 aromatic rings. The Balaban J connectivity index is 2.44. The summed E-state index contributed by atoms with van der Waals surface area (Å²) in [7, 11) is 0. The van der Waals surface area contributed by atoms with E-state index in [1.54, 1.807) is 25.6 Å². The van der Waals surface area contributed by atoms with Gasteiger partial charge in [-0.25, -0.2) is 4.79 Å². The highest BCUT2D eigenvalue weighted by atomic mass is 32.2. The van der Waals surface area contributed by atoms with Crippen LogP contribution >= 0.6 is 11.8 Å². The number of rotatable bonds is 11. The van der Waals surface area contributed by atoms with Crippen molar-refractivity contribution in [1.29, 1.82) is 0 Å². The van der Waals surface area contributed by atoms with Gasteiger partial charge in [0.05, 0.1) is 13.2 Å². The second-order valence-corrected chi connectivity index (χ2v) is 6.30. The normalized spacial score (nSPS) is 11.4. The first-order valence-corrected chi connectivity index (χ1v) is 9.34. The van der Waals surface area contributed by atoms with Crippen LogP contribution in [0.5, 0.6) is 0 Å². The molecular weight excluding hydrogens is 342 g/mol. The van der Waals surface area contributed by atoms with E-state index in [4.69, 9.17) is 9.47 Å². The summed E-state index contributed by atoms with van der Waals surface area (Å²) in [5.41, 5.74) is 0. The van der Waals surface area contributed by atoms with E-state index in [1.165, 1.54) is 0 Å². The molecule has 0 aliphatic heterocycles. The monoisotopic (exact) mass is 367 g/mol. The largest absolute Gasteiger partial charge is 0.466 e. The number of hydrogen-bond donors (Lipinski definition) is 1. The summed E-state index contributed by atoms with van der Waals surface area (Å²) in [4.78, 5) is 36.6. The number of carbonyl (C=O) groups excluding carboxylic acids is 3. The zero-order chi connectivity index (χ0) is 18.5. The predicted molar refractivity (Wildman–Crippen MR) is 96.2 cm³/mol. The van der Waals surface area contributed by atoms with Gasteiger partial charge >= 0.3 is 11.9 Å². The SMILES string of the molecule is CCOC(=O)CC[C@@H](NC(=O)CCSc1ccccc1)C(=O)OCC. The Hall–Kier alpha value is -2.02. The quantitative estimate of drug-likeness (QED) is 0.478. The van der Waals surface area contributed by atoms with E-state index < -0.39 is 18.0 Å². The van der Waals surface area contributed by atoms with Crippen LogP contribution in [0.25, 0.3) is 0 Å². The number of hydrogen-bond acceptors (Lipinski definition) is 6. The van der Waals surface area contributed by atoms with Gasteiger partial charge in [0.1, 0.15) is 6.04 Å². The molecule has 0 aliphatic rings. The van der Waals surface area contributed by atoms with Gasteiger partial charge in [0, 0.05) is 23.5 Å². The van der Waals surface area contributed by atoms with Crippen molar-refractivity contribution in [3.8, 4) is 0 Å². The summed E-state index contributed by atoms with van der Waals surface area (Å²) in [5, 5.41) is 2.65. The predicted octanol–water partition coefficient (Wildman–Crippen LogP) is 2.56. The van der Waals surface area contributed by atoms with E-state index in [-0.39, 0.29) is 38.4 Å². The highest BCUT2D eigenvalue weighted by molar-refractivity contribution is 7.99. The molecule has 6 nitrogen and oxygen atoms in total. The first kappa shape index (κ1) is 21.0. The van der Waals surface area contributed by atoms with Crippen LogP contribution in [0.4, 0.5) is 0 Å². The van der Waals surface area contributed by atoms with Gasteiger partial charge in [0.25, 0.3) is 0 Å². The summed E-state index contributed by atoms with van der Waals surface area (Å²) in [6.45, 7) is 3.91. The van der Waals surface area contributed by atoms with E-state index in [1.807, 2.05) is 30.3 Å². The number of ether oxygens (including phenoxy) is 2. The Bertz CT molecular complexity index is 550. The molecule has 138 valence electrons. The highest BCUT2D eigenvalue weighted by Crippen LogP contribution is 2.17. The van der Waals surface area contributed by atoms with Crippen molar-refractivity contribution >= 4 is 29.6 Å². The van der Waals surface area contributed by atoms with E-state index in [9.17, 15) is 14.4 Å². The molecule has 7 heteroatoms. The minimum absolute atomic E-state index is 0.0520. The number of nitrogens with one attached hydrogen (secondary N) is 1. The molecule has 1 aromatic carbocycles. The fourth-order valence-electron chi connectivity index (χ4n) is 2.03. The fraction of sp³-hybridized carbons (Fsp3) is 0.500. The van der Waals surface area contributed by atoms with Crippen molar-refractivity contribution < 1.29 is 23.9 Å². The van der Waals surface area contributed by atoms with Gasteiger partial charge in [-0.15, -0.1) is 11.8 Å². The molecule has 0 saturated carbocycles. The smallest absolute Gasteiger partial charge is 0.328 e. The lowest BCUT2D eigenvalue weighted by atomic mass is 10.1. The molecule has 0 saturated heterocycles. The third-order valence-corrected chi connectivity index (χ3v) is 4.20. The average molecular weight is 367 g/mol. The summed E-state index contributed by atoms with van der Waals surface area (Å²) < 4.78 is 9.80. The second kappa shape index (κ2) is 12.4. The minimum Gasteiger partial charge on any atom is -0.466 e. The molecule has 0 radical (unpaired) electrons. The Morgan fingerprint density at radius 3 is 2.36 bits per heavy atom. The molecule has 1 atom stereocenters. The van der Waals surface area contributed by atoms with Crippen LogP contribution in [0.2, 0.25) is 0 Å². The number of amides is 1. The topological polar surface area (TPSA) is 81.7 Å². The molecule has 0 aromatic heterocycles. The maximum atomic E-state index is 12.1. The van der Waals surface area contributed by atoms with Gasteiger partial charge in [0.15, 0.2) is 0 Å². The highest BCUT2D eigenvalue weighted by Gasteiger charge is 2.23. The van der Waals surface area contributed by atoms with E-state index in [0.29, 0.717) is 5.75 Å². The molecule has 25 heavy (non-hydrogen) atoms. The lowest BCUT2D eigenvalue weighted by molar-refractivity contribution is -0.148. The van der Waals surface area contributed by atoms with Crippen LogP contribution < -0.4 is 5.32 Å². The molecule has 0 fully saturated rings. The molecule has 0 bridgehead atoms. The number of carbonyl (C=O) groups is 3. The van der Waals surface area contributed by atoms with Crippen LogP contribution in [0.15, 0.2) is 35.2 Å². The van der Waals surface area contributed by atoms with Crippen molar-refractivity contribution in [2.45, 2.75) is 44.0 Å². The average Bonchev–Trinajstić information content (AvgIpc) is 2.60.